The maximum absolute atomic E-state index is 12.6. The molecule has 1 fully saturated rings. The van der Waals surface area contributed by atoms with Gasteiger partial charge in [-0.3, -0.25) is 19.3 Å². The Balaban J connectivity index is 1.33. The van der Waals surface area contributed by atoms with E-state index in [1.165, 1.54) is 0 Å². The lowest BCUT2D eigenvalue weighted by Gasteiger charge is -2.25. The van der Waals surface area contributed by atoms with Gasteiger partial charge in [-0.2, -0.15) is 0 Å². The minimum Gasteiger partial charge on any atom is -0.493 e. The van der Waals surface area contributed by atoms with Crippen molar-refractivity contribution in [2.75, 3.05) is 13.2 Å². The molecule has 1 heterocycles. The zero-order valence-corrected chi connectivity index (χ0v) is 16.8. The maximum atomic E-state index is 12.6. The van der Waals surface area contributed by atoms with E-state index in [9.17, 15) is 19.5 Å². The molecule has 0 spiro atoms. The highest BCUT2D eigenvalue weighted by molar-refractivity contribution is 6.21. The average molecular weight is 407 g/mol. The molecule has 2 aliphatic rings. The fourth-order valence-corrected chi connectivity index (χ4v) is 4.08. The van der Waals surface area contributed by atoms with Gasteiger partial charge in [0.2, 0.25) is 0 Å². The number of aliphatic hydroxyl groups excluding tert-OH is 1. The van der Waals surface area contributed by atoms with E-state index in [0.29, 0.717) is 35.0 Å². The van der Waals surface area contributed by atoms with E-state index in [1.54, 1.807) is 42.5 Å². The first-order valence-corrected chi connectivity index (χ1v) is 10.4. The van der Waals surface area contributed by atoms with Crippen LogP contribution in [0.4, 0.5) is 0 Å². The molecule has 6 heteroatoms. The standard InChI is InChI=1S/C24H25NO5/c26-18-10-8-16(9-11-18)15-30-19-5-3-4-17(14-19)22(27)12-13-25-23(28)20-6-1-2-7-21(20)24(25)29/h1-7,14,16,18,26H,8-13,15H2. The second-order valence-electron chi connectivity index (χ2n) is 7.99. The van der Waals surface area contributed by atoms with Gasteiger partial charge >= 0.3 is 0 Å². The molecule has 2 aromatic carbocycles. The van der Waals surface area contributed by atoms with Crippen LogP contribution in [0.1, 0.15) is 63.2 Å². The number of aliphatic hydroxyl groups is 1. The number of amides is 2. The molecule has 6 nitrogen and oxygen atoms in total. The predicted molar refractivity (Wildman–Crippen MR) is 111 cm³/mol. The minimum atomic E-state index is -0.349. The van der Waals surface area contributed by atoms with E-state index in [-0.39, 0.29) is 36.7 Å². The van der Waals surface area contributed by atoms with Gasteiger partial charge in [-0.25, -0.2) is 0 Å². The van der Waals surface area contributed by atoms with Crippen LogP contribution in [0.15, 0.2) is 48.5 Å². The second kappa shape index (κ2) is 8.79. The predicted octanol–water partition coefficient (Wildman–Crippen LogP) is 3.49. The third-order valence-electron chi connectivity index (χ3n) is 5.90. The summed E-state index contributed by atoms with van der Waals surface area (Å²) >= 11 is 0. The highest BCUT2D eigenvalue weighted by atomic mass is 16.5. The molecule has 2 aromatic rings. The molecule has 0 aromatic heterocycles. The molecule has 0 radical (unpaired) electrons. The molecule has 0 saturated heterocycles. The summed E-state index contributed by atoms with van der Waals surface area (Å²) < 4.78 is 5.87. The van der Waals surface area contributed by atoms with Gasteiger partial charge in [-0.1, -0.05) is 24.3 Å². The quantitative estimate of drug-likeness (QED) is 0.561. The van der Waals surface area contributed by atoms with Crippen molar-refractivity contribution in [2.24, 2.45) is 5.92 Å². The highest BCUT2D eigenvalue weighted by Gasteiger charge is 2.35. The van der Waals surface area contributed by atoms with Gasteiger partial charge in [0.05, 0.1) is 23.8 Å². The van der Waals surface area contributed by atoms with E-state index in [4.69, 9.17) is 4.74 Å². The van der Waals surface area contributed by atoms with Crippen LogP contribution in [0.25, 0.3) is 0 Å². The Bertz CT molecular complexity index is 927. The van der Waals surface area contributed by atoms with E-state index in [1.807, 2.05) is 6.07 Å². The van der Waals surface area contributed by atoms with Crippen molar-refractivity contribution in [2.45, 2.75) is 38.2 Å². The monoisotopic (exact) mass is 407 g/mol. The van der Waals surface area contributed by atoms with Gasteiger partial charge in [0.25, 0.3) is 11.8 Å². The number of ether oxygens (including phenoxy) is 1. The molecular formula is C24H25NO5. The number of imide groups is 1. The number of ketones is 1. The molecule has 1 aliphatic carbocycles. The van der Waals surface area contributed by atoms with Crippen molar-refractivity contribution in [1.29, 1.82) is 0 Å². The number of Topliss-reactive ketones (excluding diaryl/α,β-unsaturated/α-hetero) is 1. The summed E-state index contributed by atoms with van der Waals surface area (Å²) in [5.41, 5.74) is 1.28. The summed E-state index contributed by atoms with van der Waals surface area (Å²) in [5.74, 6) is 0.211. The van der Waals surface area contributed by atoms with E-state index in [2.05, 4.69) is 0 Å². The van der Waals surface area contributed by atoms with Crippen molar-refractivity contribution < 1.29 is 24.2 Å². The first kappa shape index (κ1) is 20.3. The van der Waals surface area contributed by atoms with Crippen molar-refractivity contribution >= 4 is 17.6 Å². The van der Waals surface area contributed by atoms with Gasteiger partial charge in [-0.05, 0) is 55.9 Å². The number of benzene rings is 2. The summed E-state index contributed by atoms with van der Waals surface area (Å²) in [5, 5.41) is 9.60. The Morgan fingerprint density at radius 2 is 1.63 bits per heavy atom. The third kappa shape index (κ3) is 4.28. The second-order valence-corrected chi connectivity index (χ2v) is 7.99. The molecular weight excluding hydrogens is 382 g/mol. The van der Waals surface area contributed by atoms with E-state index in [0.717, 1.165) is 30.6 Å². The maximum Gasteiger partial charge on any atom is 0.261 e. The van der Waals surface area contributed by atoms with Crippen LogP contribution in [0.3, 0.4) is 0 Å². The number of rotatable bonds is 7. The summed E-state index contributed by atoms with van der Waals surface area (Å²) in [4.78, 5) is 38.6. The lowest BCUT2D eigenvalue weighted by Crippen LogP contribution is -2.31. The number of carbonyl (C=O) groups excluding carboxylic acids is 3. The molecule has 1 N–H and O–H groups in total. The first-order valence-electron chi connectivity index (χ1n) is 10.4. The number of hydrogen-bond acceptors (Lipinski definition) is 5. The average Bonchev–Trinajstić information content (AvgIpc) is 3.02. The van der Waals surface area contributed by atoms with Crippen LogP contribution in [0.2, 0.25) is 0 Å². The summed E-state index contributed by atoms with van der Waals surface area (Å²) in [6, 6.07) is 13.7. The molecule has 2 amide bonds. The fourth-order valence-electron chi connectivity index (χ4n) is 4.08. The van der Waals surface area contributed by atoms with Crippen LogP contribution < -0.4 is 4.74 Å². The van der Waals surface area contributed by atoms with Gasteiger partial charge in [0.15, 0.2) is 5.78 Å². The Morgan fingerprint density at radius 1 is 0.967 bits per heavy atom. The van der Waals surface area contributed by atoms with Gasteiger partial charge in [0.1, 0.15) is 5.75 Å². The van der Waals surface area contributed by atoms with Gasteiger partial charge in [-0.15, -0.1) is 0 Å². The zero-order chi connectivity index (χ0) is 21.1. The van der Waals surface area contributed by atoms with E-state index >= 15 is 0 Å². The first-order chi connectivity index (χ1) is 14.5. The lowest BCUT2D eigenvalue weighted by atomic mass is 9.88. The minimum absolute atomic E-state index is 0.0562. The molecule has 0 atom stereocenters. The summed E-state index contributed by atoms with van der Waals surface area (Å²) in [7, 11) is 0. The van der Waals surface area contributed by atoms with Crippen LogP contribution in [0, 0.1) is 5.92 Å². The number of nitrogens with zero attached hydrogens (tertiary/aromatic N) is 1. The largest absolute Gasteiger partial charge is 0.493 e. The Labute approximate surface area is 175 Å². The molecule has 30 heavy (non-hydrogen) atoms. The number of fused-ring (bicyclic) bond motifs is 1. The lowest BCUT2D eigenvalue weighted by molar-refractivity contribution is 0.0649. The Morgan fingerprint density at radius 3 is 2.30 bits per heavy atom. The van der Waals surface area contributed by atoms with Gasteiger partial charge < -0.3 is 9.84 Å². The fraction of sp³-hybridized carbons (Fsp3) is 0.375. The summed E-state index contributed by atoms with van der Waals surface area (Å²) in [6.07, 6.45) is 3.38. The van der Waals surface area contributed by atoms with Gasteiger partial charge in [0, 0.05) is 18.5 Å². The molecule has 0 unspecified atom stereocenters. The molecule has 1 saturated carbocycles. The molecule has 0 bridgehead atoms. The smallest absolute Gasteiger partial charge is 0.261 e. The van der Waals surface area contributed by atoms with Crippen LogP contribution in [-0.4, -0.2) is 46.9 Å². The topological polar surface area (TPSA) is 83.9 Å². The molecule has 4 rings (SSSR count). The normalized spacial score (nSPS) is 20.9. The SMILES string of the molecule is O=C(CCN1C(=O)c2ccccc2C1=O)c1cccc(OCC2CCC(O)CC2)c1. The number of hydrogen-bond donors (Lipinski definition) is 1. The van der Waals surface area contributed by atoms with Crippen molar-refractivity contribution in [3.05, 3.63) is 65.2 Å². The highest BCUT2D eigenvalue weighted by Crippen LogP contribution is 2.26. The number of carbonyl (C=O) groups is 3. The van der Waals surface area contributed by atoms with Crippen molar-refractivity contribution in [1.82, 2.24) is 4.90 Å². The van der Waals surface area contributed by atoms with E-state index < -0.39 is 0 Å². The Hall–Kier alpha value is -2.99. The van der Waals surface area contributed by atoms with Crippen LogP contribution in [0.5, 0.6) is 5.75 Å². The van der Waals surface area contributed by atoms with Crippen molar-refractivity contribution in [3.8, 4) is 5.75 Å². The molecule has 156 valence electrons. The zero-order valence-electron chi connectivity index (χ0n) is 16.8. The third-order valence-corrected chi connectivity index (χ3v) is 5.90. The summed E-state index contributed by atoms with van der Waals surface area (Å²) in [6.45, 7) is 0.625. The van der Waals surface area contributed by atoms with Crippen LogP contribution >= 0.6 is 0 Å². The van der Waals surface area contributed by atoms with Crippen LogP contribution in [-0.2, 0) is 0 Å². The Kier molecular flexibility index (Phi) is 5.95. The van der Waals surface area contributed by atoms with Crippen molar-refractivity contribution in [3.63, 3.8) is 0 Å². The molecule has 1 aliphatic heterocycles.